The van der Waals surface area contributed by atoms with E-state index in [1.807, 2.05) is 54.7 Å². The fraction of sp³-hybridized carbons (Fsp3) is 0.0870. The molecule has 3 aromatic carbocycles. The smallest absolute Gasteiger partial charge is 0.269 e. The van der Waals surface area contributed by atoms with E-state index in [1.165, 1.54) is 6.07 Å². The van der Waals surface area contributed by atoms with Gasteiger partial charge in [-0.1, -0.05) is 60.7 Å². The summed E-state index contributed by atoms with van der Waals surface area (Å²) >= 11 is 0. The van der Waals surface area contributed by atoms with Crippen LogP contribution < -0.4 is 0 Å². The van der Waals surface area contributed by atoms with Crippen LogP contribution in [0.25, 0.3) is 10.9 Å². The van der Waals surface area contributed by atoms with Gasteiger partial charge in [-0.15, -0.1) is 0 Å². The predicted molar refractivity (Wildman–Crippen MR) is 109 cm³/mol. The SMILES string of the molecule is O=C(CC(c1cccc([N+](=O)[O-])c1)c1c[nH]c2ccccc12)c1ccccc1. The molecule has 0 aliphatic carbocycles. The molecule has 4 rings (SSSR count). The van der Waals surface area contributed by atoms with E-state index < -0.39 is 4.92 Å². The molecule has 0 radical (unpaired) electrons. The summed E-state index contributed by atoms with van der Waals surface area (Å²) in [5, 5.41) is 12.3. The zero-order valence-corrected chi connectivity index (χ0v) is 15.0. The molecule has 0 spiro atoms. The van der Waals surface area contributed by atoms with Crippen molar-refractivity contribution in [1.82, 2.24) is 4.98 Å². The molecule has 0 bridgehead atoms. The Balaban J connectivity index is 1.80. The molecule has 0 saturated carbocycles. The van der Waals surface area contributed by atoms with Gasteiger partial charge in [-0.3, -0.25) is 14.9 Å². The van der Waals surface area contributed by atoms with E-state index in [4.69, 9.17) is 0 Å². The van der Waals surface area contributed by atoms with E-state index in [2.05, 4.69) is 4.98 Å². The Hall–Kier alpha value is -3.73. The molecule has 5 heteroatoms. The number of aromatic nitrogens is 1. The number of fused-ring (bicyclic) bond motifs is 1. The Bertz CT molecular complexity index is 1150. The lowest BCUT2D eigenvalue weighted by atomic mass is 9.85. The topological polar surface area (TPSA) is 76.0 Å². The minimum absolute atomic E-state index is 0.00221. The maximum atomic E-state index is 12.9. The number of benzene rings is 3. The molecule has 4 aromatic rings. The first-order valence-corrected chi connectivity index (χ1v) is 9.02. The van der Waals surface area contributed by atoms with Crippen molar-refractivity contribution in [3.8, 4) is 0 Å². The molecular weight excluding hydrogens is 352 g/mol. The van der Waals surface area contributed by atoms with E-state index in [9.17, 15) is 14.9 Å². The van der Waals surface area contributed by atoms with Crippen molar-refractivity contribution in [3.63, 3.8) is 0 Å². The fourth-order valence-electron chi connectivity index (χ4n) is 3.57. The molecule has 1 N–H and O–H groups in total. The van der Waals surface area contributed by atoms with Crippen LogP contribution in [-0.4, -0.2) is 15.7 Å². The number of para-hydroxylation sites is 1. The van der Waals surface area contributed by atoms with Gasteiger partial charge < -0.3 is 4.98 Å². The van der Waals surface area contributed by atoms with Crippen LogP contribution in [0.15, 0.2) is 85.1 Å². The third-order valence-electron chi connectivity index (χ3n) is 4.97. The second-order valence-electron chi connectivity index (χ2n) is 6.69. The Labute approximate surface area is 161 Å². The number of nitro benzene ring substituents is 1. The highest BCUT2D eigenvalue weighted by Gasteiger charge is 2.23. The summed E-state index contributed by atoms with van der Waals surface area (Å²) in [5.74, 6) is -0.286. The fourth-order valence-corrected chi connectivity index (χ4v) is 3.57. The summed E-state index contributed by atoms with van der Waals surface area (Å²) < 4.78 is 0. The number of hydrogen-bond acceptors (Lipinski definition) is 3. The lowest BCUT2D eigenvalue weighted by Gasteiger charge is -2.17. The van der Waals surface area contributed by atoms with Crippen LogP contribution >= 0.6 is 0 Å². The molecule has 1 heterocycles. The van der Waals surface area contributed by atoms with Gasteiger partial charge in [-0.25, -0.2) is 0 Å². The van der Waals surface area contributed by atoms with Gasteiger partial charge in [0.1, 0.15) is 0 Å². The molecule has 1 atom stereocenters. The quantitative estimate of drug-likeness (QED) is 0.277. The van der Waals surface area contributed by atoms with Gasteiger partial charge >= 0.3 is 0 Å². The van der Waals surface area contributed by atoms with Gasteiger partial charge in [0, 0.05) is 47.1 Å². The number of hydrogen-bond donors (Lipinski definition) is 1. The predicted octanol–water partition coefficient (Wildman–Crippen LogP) is 5.48. The van der Waals surface area contributed by atoms with E-state index >= 15 is 0 Å². The molecule has 0 fully saturated rings. The first-order valence-electron chi connectivity index (χ1n) is 9.02. The van der Waals surface area contributed by atoms with Crippen LogP contribution in [0.4, 0.5) is 5.69 Å². The van der Waals surface area contributed by atoms with Crippen molar-refractivity contribution in [2.75, 3.05) is 0 Å². The Morgan fingerprint density at radius 2 is 1.71 bits per heavy atom. The highest BCUT2D eigenvalue weighted by molar-refractivity contribution is 5.97. The number of aromatic amines is 1. The number of nitrogens with zero attached hydrogens (tertiary/aromatic N) is 1. The highest BCUT2D eigenvalue weighted by atomic mass is 16.6. The van der Waals surface area contributed by atoms with Crippen LogP contribution in [0.5, 0.6) is 0 Å². The normalized spacial score (nSPS) is 12.0. The largest absolute Gasteiger partial charge is 0.361 e. The second kappa shape index (κ2) is 7.48. The van der Waals surface area contributed by atoms with Crippen molar-refractivity contribution in [2.24, 2.45) is 0 Å². The van der Waals surface area contributed by atoms with Crippen LogP contribution in [0.2, 0.25) is 0 Å². The van der Waals surface area contributed by atoms with Gasteiger partial charge in [-0.05, 0) is 17.2 Å². The number of H-pyrrole nitrogens is 1. The third-order valence-corrected chi connectivity index (χ3v) is 4.97. The lowest BCUT2D eigenvalue weighted by molar-refractivity contribution is -0.384. The molecular formula is C23H18N2O3. The summed E-state index contributed by atoms with van der Waals surface area (Å²) in [6, 6.07) is 23.5. The number of nitro groups is 1. The molecule has 5 nitrogen and oxygen atoms in total. The van der Waals surface area contributed by atoms with Crippen molar-refractivity contribution in [1.29, 1.82) is 0 Å². The van der Waals surface area contributed by atoms with Crippen LogP contribution in [-0.2, 0) is 0 Å². The first-order chi connectivity index (χ1) is 13.6. The molecule has 28 heavy (non-hydrogen) atoms. The minimum atomic E-state index is -0.408. The van der Waals surface area contributed by atoms with Crippen molar-refractivity contribution >= 4 is 22.4 Å². The van der Waals surface area contributed by atoms with Gasteiger partial charge in [-0.2, -0.15) is 0 Å². The van der Waals surface area contributed by atoms with Crippen LogP contribution in [0.3, 0.4) is 0 Å². The van der Waals surface area contributed by atoms with Crippen LogP contribution in [0.1, 0.15) is 33.8 Å². The first kappa shape index (κ1) is 17.7. The average Bonchev–Trinajstić information content (AvgIpc) is 3.16. The van der Waals surface area contributed by atoms with Gasteiger partial charge in [0.25, 0.3) is 5.69 Å². The molecule has 138 valence electrons. The zero-order chi connectivity index (χ0) is 19.5. The number of ketones is 1. The molecule has 0 aliphatic rings. The van der Waals surface area contributed by atoms with Crippen molar-refractivity contribution in [2.45, 2.75) is 12.3 Å². The van der Waals surface area contributed by atoms with Crippen LogP contribution in [0, 0.1) is 10.1 Å². The molecule has 0 amide bonds. The number of carbonyl (C=O) groups is 1. The van der Waals surface area contributed by atoms with E-state index in [1.54, 1.807) is 24.3 Å². The monoisotopic (exact) mass is 370 g/mol. The van der Waals surface area contributed by atoms with E-state index in [0.717, 1.165) is 22.0 Å². The summed E-state index contributed by atoms with van der Waals surface area (Å²) in [4.78, 5) is 27.0. The maximum absolute atomic E-state index is 12.9. The van der Waals surface area contributed by atoms with E-state index in [-0.39, 0.29) is 23.8 Å². The average molecular weight is 370 g/mol. The number of rotatable bonds is 6. The molecule has 0 aliphatic heterocycles. The number of Topliss-reactive ketones (excluding diaryl/α,β-unsaturated/α-hetero) is 1. The minimum Gasteiger partial charge on any atom is -0.361 e. The Morgan fingerprint density at radius 1 is 0.964 bits per heavy atom. The summed E-state index contributed by atoms with van der Waals surface area (Å²) in [6.07, 6.45) is 2.12. The highest BCUT2D eigenvalue weighted by Crippen LogP contribution is 2.35. The van der Waals surface area contributed by atoms with Gasteiger partial charge in [0.2, 0.25) is 0 Å². The van der Waals surface area contributed by atoms with Gasteiger partial charge in [0.15, 0.2) is 5.78 Å². The standard InChI is InChI=1S/C23H18N2O3/c26-23(16-7-2-1-3-8-16)14-20(17-9-6-10-18(13-17)25(27)28)21-15-24-22-12-5-4-11-19(21)22/h1-13,15,20,24H,14H2. The lowest BCUT2D eigenvalue weighted by Crippen LogP contribution is -2.09. The number of carbonyl (C=O) groups excluding carboxylic acids is 1. The number of nitrogens with one attached hydrogen (secondary N) is 1. The maximum Gasteiger partial charge on any atom is 0.269 e. The second-order valence-corrected chi connectivity index (χ2v) is 6.69. The Kier molecular flexibility index (Phi) is 4.72. The summed E-state index contributed by atoms with van der Waals surface area (Å²) in [5.41, 5.74) is 3.34. The van der Waals surface area contributed by atoms with E-state index in [0.29, 0.717) is 5.56 Å². The molecule has 0 saturated heterocycles. The van der Waals surface area contributed by atoms with Crippen molar-refractivity contribution < 1.29 is 9.72 Å². The summed E-state index contributed by atoms with van der Waals surface area (Å²) in [6.45, 7) is 0. The molecule has 1 unspecified atom stereocenters. The summed E-state index contributed by atoms with van der Waals surface area (Å²) in [7, 11) is 0. The van der Waals surface area contributed by atoms with Crippen molar-refractivity contribution in [3.05, 3.63) is 112 Å². The Morgan fingerprint density at radius 3 is 2.50 bits per heavy atom. The third kappa shape index (κ3) is 3.42. The van der Waals surface area contributed by atoms with Gasteiger partial charge in [0.05, 0.1) is 4.92 Å². The number of non-ortho nitro benzene ring substituents is 1. The molecule has 1 aromatic heterocycles. The zero-order valence-electron chi connectivity index (χ0n) is 15.0.